The zero-order valence-corrected chi connectivity index (χ0v) is 16.6. The predicted molar refractivity (Wildman–Crippen MR) is 104 cm³/mol. The van der Waals surface area contributed by atoms with Gasteiger partial charge in [-0.15, -0.1) is 0 Å². The second kappa shape index (κ2) is 6.64. The number of nitrogens with one attached hydrogen (secondary N) is 1. The van der Waals surface area contributed by atoms with Crippen molar-refractivity contribution in [3.05, 3.63) is 46.8 Å². The van der Waals surface area contributed by atoms with Crippen molar-refractivity contribution in [1.29, 1.82) is 0 Å². The number of halogens is 1. The second-order valence-electron chi connectivity index (χ2n) is 6.24. The molecule has 1 saturated heterocycles. The fourth-order valence-electron chi connectivity index (χ4n) is 3.29. The molecular weight excluding hydrogens is 418 g/mol. The Hall–Kier alpha value is -1.97. The Morgan fingerprint density at radius 2 is 1.96 bits per heavy atom. The number of hydrogen-bond acceptors (Lipinski definition) is 5. The van der Waals surface area contributed by atoms with Gasteiger partial charge in [0.15, 0.2) is 0 Å². The van der Waals surface area contributed by atoms with Crippen LogP contribution in [-0.4, -0.2) is 53.9 Å². The summed E-state index contributed by atoms with van der Waals surface area (Å²) in [5, 5.41) is 0.625. The number of aromatic nitrogens is 3. The van der Waals surface area contributed by atoms with Gasteiger partial charge < -0.3 is 9.88 Å². The van der Waals surface area contributed by atoms with Crippen molar-refractivity contribution >= 4 is 42.8 Å². The molecule has 3 aromatic heterocycles. The van der Waals surface area contributed by atoms with E-state index in [4.69, 9.17) is 0 Å². The summed E-state index contributed by atoms with van der Waals surface area (Å²) in [5.74, 6) is 0.904. The van der Waals surface area contributed by atoms with Gasteiger partial charge in [0.25, 0.3) is 0 Å². The van der Waals surface area contributed by atoms with Crippen molar-refractivity contribution < 1.29 is 8.42 Å². The van der Waals surface area contributed by atoms with E-state index in [2.05, 4.69) is 35.8 Å². The zero-order valence-electron chi connectivity index (χ0n) is 14.2. The van der Waals surface area contributed by atoms with Crippen molar-refractivity contribution in [3.63, 3.8) is 0 Å². The van der Waals surface area contributed by atoms with Crippen molar-refractivity contribution in [2.45, 2.75) is 11.8 Å². The maximum Gasteiger partial charge on any atom is 0.245 e. The first-order valence-corrected chi connectivity index (χ1v) is 10.5. The average Bonchev–Trinajstić information content (AvgIpc) is 3.07. The molecule has 136 valence electrons. The largest absolute Gasteiger partial charge is 0.354 e. The molecule has 0 amide bonds. The van der Waals surface area contributed by atoms with Gasteiger partial charge in [-0.1, -0.05) is 0 Å². The number of sulfonamides is 1. The smallest absolute Gasteiger partial charge is 0.245 e. The number of aryl methyl sites for hydroxylation is 1. The van der Waals surface area contributed by atoms with Crippen molar-refractivity contribution in [1.82, 2.24) is 19.3 Å². The van der Waals surface area contributed by atoms with Crippen LogP contribution in [0.15, 0.2) is 46.2 Å². The van der Waals surface area contributed by atoms with E-state index in [0.717, 1.165) is 15.9 Å². The summed E-state index contributed by atoms with van der Waals surface area (Å²) in [6.45, 7) is 4.07. The molecule has 0 aromatic carbocycles. The van der Waals surface area contributed by atoms with E-state index in [1.165, 1.54) is 10.5 Å². The Morgan fingerprint density at radius 3 is 2.69 bits per heavy atom. The number of pyridine rings is 2. The lowest BCUT2D eigenvalue weighted by molar-refractivity contribution is 0.384. The minimum atomic E-state index is -3.56. The molecule has 3 aromatic rings. The van der Waals surface area contributed by atoms with Gasteiger partial charge in [-0.3, -0.25) is 0 Å². The molecule has 4 rings (SSSR count). The molecule has 0 unspecified atom stereocenters. The van der Waals surface area contributed by atoms with Crippen LogP contribution in [0, 0.1) is 6.92 Å². The maximum atomic E-state index is 13.1. The van der Waals surface area contributed by atoms with Crippen LogP contribution in [0.3, 0.4) is 0 Å². The first-order chi connectivity index (χ1) is 12.5. The standard InChI is InChI=1S/C17H18BrN5O2S/c1-12-9-13(18)10-21-17(12)22-5-7-23(8-6-22)26(24,25)15-11-20-16-14(15)3-2-4-19-16/h2-4,9-11H,5-8H2,1H3,(H,19,20). The zero-order chi connectivity index (χ0) is 18.3. The van der Waals surface area contributed by atoms with Crippen molar-refractivity contribution in [3.8, 4) is 0 Å². The number of anilines is 1. The van der Waals surface area contributed by atoms with E-state index >= 15 is 0 Å². The van der Waals surface area contributed by atoms with Crippen molar-refractivity contribution in [2.24, 2.45) is 0 Å². The highest BCUT2D eigenvalue weighted by Gasteiger charge is 2.31. The fourth-order valence-corrected chi connectivity index (χ4v) is 5.31. The van der Waals surface area contributed by atoms with Crippen LogP contribution in [0.4, 0.5) is 5.82 Å². The molecule has 0 bridgehead atoms. The summed E-state index contributed by atoms with van der Waals surface area (Å²) >= 11 is 3.42. The Kier molecular flexibility index (Phi) is 4.45. The maximum absolute atomic E-state index is 13.1. The lowest BCUT2D eigenvalue weighted by Crippen LogP contribution is -2.49. The predicted octanol–water partition coefficient (Wildman–Crippen LogP) is 2.54. The molecule has 0 aliphatic carbocycles. The topological polar surface area (TPSA) is 82.2 Å². The van der Waals surface area contributed by atoms with E-state index in [-0.39, 0.29) is 4.90 Å². The molecule has 4 heterocycles. The van der Waals surface area contributed by atoms with Crippen LogP contribution >= 0.6 is 15.9 Å². The number of H-pyrrole nitrogens is 1. The number of piperazine rings is 1. The number of fused-ring (bicyclic) bond motifs is 1. The molecule has 0 radical (unpaired) electrons. The molecule has 0 spiro atoms. The minimum Gasteiger partial charge on any atom is -0.354 e. The van der Waals surface area contributed by atoms with Crippen molar-refractivity contribution in [2.75, 3.05) is 31.1 Å². The number of aromatic amines is 1. The van der Waals surface area contributed by atoms with Gasteiger partial charge in [0, 0.05) is 54.6 Å². The van der Waals surface area contributed by atoms with Crippen LogP contribution in [-0.2, 0) is 10.0 Å². The van der Waals surface area contributed by atoms with E-state index in [9.17, 15) is 8.42 Å². The Bertz CT molecular complexity index is 1060. The first kappa shape index (κ1) is 17.4. The highest BCUT2D eigenvalue weighted by atomic mass is 79.9. The molecule has 1 aliphatic heterocycles. The lowest BCUT2D eigenvalue weighted by atomic mass is 10.2. The summed E-state index contributed by atoms with van der Waals surface area (Å²) in [4.78, 5) is 14.0. The normalized spacial score (nSPS) is 16.3. The average molecular weight is 436 g/mol. The summed E-state index contributed by atoms with van der Waals surface area (Å²) in [6.07, 6.45) is 4.94. The summed E-state index contributed by atoms with van der Waals surface area (Å²) in [6, 6.07) is 5.54. The van der Waals surface area contributed by atoms with E-state index in [0.29, 0.717) is 37.2 Å². The van der Waals surface area contributed by atoms with E-state index < -0.39 is 10.0 Å². The highest BCUT2D eigenvalue weighted by molar-refractivity contribution is 9.10. The van der Waals surface area contributed by atoms with E-state index in [1.54, 1.807) is 24.5 Å². The molecule has 1 fully saturated rings. The highest BCUT2D eigenvalue weighted by Crippen LogP contribution is 2.27. The van der Waals surface area contributed by atoms with Gasteiger partial charge in [-0.25, -0.2) is 18.4 Å². The third-order valence-corrected chi connectivity index (χ3v) is 6.96. The number of rotatable bonds is 3. The van der Waals surface area contributed by atoms with Gasteiger partial charge >= 0.3 is 0 Å². The molecule has 0 saturated carbocycles. The molecule has 26 heavy (non-hydrogen) atoms. The van der Waals surface area contributed by atoms with Crippen LogP contribution in [0.5, 0.6) is 0 Å². The Morgan fingerprint density at radius 1 is 1.19 bits per heavy atom. The molecule has 1 N–H and O–H groups in total. The fraction of sp³-hybridized carbons (Fsp3) is 0.294. The third-order valence-electron chi connectivity index (χ3n) is 4.59. The monoisotopic (exact) mass is 435 g/mol. The second-order valence-corrected chi connectivity index (χ2v) is 9.06. The number of hydrogen-bond donors (Lipinski definition) is 1. The van der Waals surface area contributed by atoms with Gasteiger partial charge in [-0.2, -0.15) is 4.31 Å². The molecule has 0 atom stereocenters. The summed E-state index contributed by atoms with van der Waals surface area (Å²) in [7, 11) is -3.56. The van der Waals surface area contributed by atoms with Crippen LogP contribution < -0.4 is 4.90 Å². The van der Waals surface area contributed by atoms with Gasteiger partial charge in [0.05, 0.1) is 0 Å². The Balaban J connectivity index is 1.55. The van der Waals surface area contributed by atoms with Crippen LogP contribution in [0.2, 0.25) is 0 Å². The van der Waals surface area contributed by atoms with Gasteiger partial charge in [0.1, 0.15) is 16.4 Å². The minimum absolute atomic E-state index is 0.284. The Labute approximate surface area is 160 Å². The molecule has 9 heteroatoms. The molecule has 7 nitrogen and oxygen atoms in total. The summed E-state index contributed by atoms with van der Waals surface area (Å²) in [5.41, 5.74) is 1.65. The van der Waals surface area contributed by atoms with E-state index in [1.807, 2.05) is 13.0 Å². The molecule has 1 aliphatic rings. The summed E-state index contributed by atoms with van der Waals surface area (Å²) < 4.78 is 28.6. The third kappa shape index (κ3) is 3.00. The van der Waals surface area contributed by atoms with Crippen LogP contribution in [0.1, 0.15) is 5.56 Å². The van der Waals surface area contributed by atoms with Gasteiger partial charge in [0.2, 0.25) is 10.0 Å². The first-order valence-electron chi connectivity index (χ1n) is 8.26. The van der Waals surface area contributed by atoms with Gasteiger partial charge in [-0.05, 0) is 46.6 Å². The SMILES string of the molecule is Cc1cc(Br)cnc1N1CCN(S(=O)(=O)c2c[nH]c3ncccc23)CC1. The molecular formula is C17H18BrN5O2S. The number of nitrogens with zero attached hydrogens (tertiary/aromatic N) is 4. The lowest BCUT2D eigenvalue weighted by Gasteiger charge is -2.35. The van der Waals surface area contributed by atoms with Crippen LogP contribution in [0.25, 0.3) is 11.0 Å². The quantitative estimate of drug-likeness (QED) is 0.683.